The number of carbonyl (C=O) groups excluding carboxylic acids is 2. The second kappa shape index (κ2) is 9.58. The maximum Gasteiger partial charge on any atom is 0.271 e. The minimum absolute atomic E-state index is 0.0541. The van der Waals surface area contributed by atoms with Gasteiger partial charge in [-0.2, -0.15) is 5.10 Å². The van der Waals surface area contributed by atoms with Crippen molar-refractivity contribution in [2.45, 2.75) is 82.2 Å². The average molecular weight is 395 g/mol. The van der Waals surface area contributed by atoms with Crippen LogP contribution in [0, 0.1) is 0 Å². The Balaban J connectivity index is 1.61. The Labute approximate surface area is 166 Å². The molecule has 3 rings (SSSR count). The Morgan fingerprint density at radius 1 is 1.11 bits per heavy atom. The molecular weight excluding hydrogens is 364 g/mol. The molecule has 0 spiro atoms. The van der Waals surface area contributed by atoms with Crippen molar-refractivity contribution in [1.82, 2.24) is 20.4 Å². The van der Waals surface area contributed by atoms with Gasteiger partial charge in [-0.1, -0.05) is 44.9 Å². The van der Waals surface area contributed by atoms with Crippen molar-refractivity contribution in [2.75, 3.05) is 12.4 Å². The Morgan fingerprint density at radius 2 is 1.78 bits per heavy atom. The number of halogens is 1. The van der Waals surface area contributed by atoms with Gasteiger partial charge in [0.15, 0.2) is 0 Å². The van der Waals surface area contributed by atoms with Crippen LogP contribution in [0.4, 0.5) is 0 Å². The highest BCUT2D eigenvalue weighted by Crippen LogP contribution is 2.28. The summed E-state index contributed by atoms with van der Waals surface area (Å²) in [6.07, 6.45) is 14.1. The van der Waals surface area contributed by atoms with Crippen LogP contribution < -0.4 is 10.6 Å². The fourth-order valence-corrected chi connectivity index (χ4v) is 4.50. The summed E-state index contributed by atoms with van der Waals surface area (Å²) in [5.41, 5.74) is 0.0531. The van der Waals surface area contributed by atoms with Crippen LogP contribution in [0.25, 0.3) is 0 Å². The van der Waals surface area contributed by atoms with E-state index in [0.29, 0.717) is 18.3 Å². The predicted molar refractivity (Wildman–Crippen MR) is 106 cm³/mol. The molecule has 2 saturated carbocycles. The van der Waals surface area contributed by atoms with Crippen molar-refractivity contribution >= 4 is 23.4 Å². The quantitative estimate of drug-likeness (QED) is 0.572. The van der Waals surface area contributed by atoms with Crippen LogP contribution in [0.15, 0.2) is 12.3 Å². The molecule has 2 aliphatic carbocycles. The van der Waals surface area contributed by atoms with Crippen LogP contribution in [0.2, 0.25) is 0 Å². The summed E-state index contributed by atoms with van der Waals surface area (Å²) in [6, 6.07) is 2.21. The fraction of sp³-hybridized carbons (Fsp3) is 0.750. The predicted octanol–water partition coefficient (Wildman–Crippen LogP) is 3.57. The Bertz CT molecular complexity index is 632. The average Bonchev–Trinajstić information content (AvgIpc) is 3.09. The molecular formula is C20H31ClN4O2. The van der Waals surface area contributed by atoms with Gasteiger partial charge in [-0.15, -0.1) is 11.6 Å². The first-order chi connectivity index (χ1) is 13.1. The van der Waals surface area contributed by atoms with E-state index in [1.807, 2.05) is 10.9 Å². The number of alkyl halides is 1. The number of amides is 2. The molecule has 2 fully saturated rings. The van der Waals surface area contributed by atoms with Crippen LogP contribution in [0.5, 0.6) is 0 Å². The Morgan fingerprint density at radius 3 is 2.44 bits per heavy atom. The molecule has 1 aromatic heterocycles. The van der Waals surface area contributed by atoms with Crippen LogP contribution in [-0.2, 0) is 4.79 Å². The molecule has 1 heterocycles. The lowest BCUT2D eigenvalue weighted by molar-refractivity contribution is -0.120. The number of rotatable bonds is 6. The topological polar surface area (TPSA) is 76.0 Å². The number of hydrogen-bond donors (Lipinski definition) is 2. The van der Waals surface area contributed by atoms with Gasteiger partial charge in [-0.05, 0) is 31.7 Å². The van der Waals surface area contributed by atoms with E-state index in [9.17, 15) is 9.59 Å². The van der Waals surface area contributed by atoms with E-state index in [4.69, 9.17) is 11.6 Å². The Hall–Kier alpha value is -1.56. The van der Waals surface area contributed by atoms with Crippen LogP contribution in [0.3, 0.4) is 0 Å². The lowest BCUT2D eigenvalue weighted by atomic mass is 9.89. The summed E-state index contributed by atoms with van der Waals surface area (Å²) in [4.78, 5) is 24.6. The molecule has 150 valence electrons. The van der Waals surface area contributed by atoms with E-state index < -0.39 is 5.54 Å². The molecule has 6 nitrogen and oxygen atoms in total. The van der Waals surface area contributed by atoms with E-state index in [-0.39, 0.29) is 17.7 Å². The minimum Gasteiger partial charge on any atom is -0.348 e. The highest BCUT2D eigenvalue weighted by Gasteiger charge is 2.33. The fourth-order valence-electron chi connectivity index (χ4n) is 4.43. The third-order valence-corrected chi connectivity index (χ3v) is 6.21. The molecule has 27 heavy (non-hydrogen) atoms. The SMILES string of the molecule is O=C(CCl)NC1(CNC(=O)c2ccn(C3CCCCC3)n2)CCCCCC1. The van der Waals surface area contributed by atoms with Crippen molar-refractivity contribution in [3.8, 4) is 0 Å². The van der Waals surface area contributed by atoms with E-state index in [1.165, 1.54) is 19.3 Å². The maximum atomic E-state index is 12.6. The zero-order chi connectivity index (χ0) is 19.1. The van der Waals surface area contributed by atoms with E-state index in [0.717, 1.165) is 51.4 Å². The van der Waals surface area contributed by atoms with Crippen LogP contribution in [0.1, 0.15) is 87.2 Å². The minimum atomic E-state index is -0.399. The highest BCUT2D eigenvalue weighted by atomic mass is 35.5. The molecule has 0 bridgehead atoms. The first kappa shape index (κ1) is 20.2. The standard InChI is InChI=1S/C20H31ClN4O2/c21-14-18(26)23-20(11-6-1-2-7-12-20)15-22-19(27)17-10-13-25(24-17)16-8-4-3-5-9-16/h10,13,16H,1-9,11-12,14-15H2,(H,22,27)(H,23,26). The molecule has 7 heteroatoms. The summed E-state index contributed by atoms with van der Waals surface area (Å²) < 4.78 is 1.95. The third-order valence-electron chi connectivity index (χ3n) is 5.96. The summed E-state index contributed by atoms with van der Waals surface area (Å²) in [5.74, 6) is -0.399. The van der Waals surface area contributed by atoms with Crippen molar-refractivity contribution in [2.24, 2.45) is 0 Å². The van der Waals surface area contributed by atoms with E-state index >= 15 is 0 Å². The second-order valence-corrected chi connectivity index (χ2v) is 8.30. The molecule has 0 radical (unpaired) electrons. The first-order valence-electron chi connectivity index (χ1n) is 10.3. The molecule has 0 saturated heterocycles. The third kappa shape index (κ3) is 5.47. The summed E-state index contributed by atoms with van der Waals surface area (Å²) >= 11 is 5.70. The summed E-state index contributed by atoms with van der Waals surface area (Å²) in [6.45, 7) is 0.421. The number of nitrogens with zero attached hydrogens (tertiary/aromatic N) is 2. The normalized spacial score (nSPS) is 20.6. The molecule has 0 aromatic carbocycles. The zero-order valence-electron chi connectivity index (χ0n) is 16.0. The summed E-state index contributed by atoms with van der Waals surface area (Å²) in [5, 5.41) is 10.6. The summed E-state index contributed by atoms with van der Waals surface area (Å²) in [7, 11) is 0. The largest absolute Gasteiger partial charge is 0.348 e. The number of nitrogens with one attached hydrogen (secondary N) is 2. The van der Waals surface area contributed by atoms with Gasteiger partial charge in [0, 0.05) is 12.7 Å². The van der Waals surface area contributed by atoms with Crippen molar-refractivity contribution in [3.05, 3.63) is 18.0 Å². The van der Waals surface area contributed by atoms with Gasteiger partial charge in [-0.3, -0.25) is 14.3 Å². The second-order valence-electron chi connectivity index (χ2n) is 8.03. The van der Waals surface area contributed by atoms with Gasteiger partial charge in [0.1, 0.15) is 11.6 Å². The zero-order valence-corrected chi connectivity index (χ0v) is 16.8. The lowest BCUT2D eigenvalue weighted by Crippen LogP contribution is -2.55. The number of hydrogen-bond acceptors (Lipinski definition) is 3. The molecule has 1 aromatic rings. The molecule has 2 amide bonds. The Kier molecular flexibility index (Phi) is 7.16. The van der Waals surface area contributed by atoms with E-state index in [1.54, 1.807) is 6.07 Å². The maximum absolute atomic E-state index is 12.6. The smallest absolute Gasteiger partial charge is 0.271 e. The van der Waals surface area contributed by atoms with Gasteiger partial charge in [0.25, 0.3) is 5.91 Å². The van der Waals surface area contributed by atoms with Crippen molar-refractivity contribution < 1.29 is 9.59 Å². The monoisotopic (exact) mass is 394 g/mol. The van der Waals surface area contributed by atoms with Gasteiger partial charge < -0.3 is 10.6 Å². The van der Waals surface area contributed by atoms with Gasteiger partial charge in [0.2, 0.25) is 5.91 Å². The molecule has 2 N–H and O–H groups in total. The molecule has 2 aliphatic rings. The van der Waals surface area contributed by atoms with Crippen molar-refractivity contribution in [1.29, 1.82) is 0 Å². The van der Waals surface area contributed by atoms with Crippen LogP contribution in [-0.4, -0.2) is 39.6 Å². The van der Waals surface area contributed by atoms with Gasteiger partial charge in [0.05, 0.1) is 11.6 Å². The van der Waals surface area contributed by atoms with Gasteiger partial charge in [-0.25, -0.2) is 0 Å². The first-order valence-corrected chi connectivity index (χ1v) is 10.9. The highest BCUT2D eigenvalue weighted by molar-refractivity contribution is 6.27. The van der Waals surface area contributed by atoms with E-state index in [2.05, 4.69) is 15.7 Å². The van der Waals surface area contributed by atoms with Gasteiger partial charge >= 0.3 is 0 Å². The number of carbonyl (C=O) groups is 2. The molecule has 0 aliphatic heterocycles. The lowest BCUT2D eigenvalue weighted by Gasteiger charge is -2.34. The van der Waals surface area contributed by atoms with Crippen LogP contribution >= 0.6 is 11.6 Å². The molecule has 0 atom stereocenters. The van der Waals surface area contributed by atoms with Crippen molar-refractivity contribution in [3.63, 3.8) is 0 Å². The molecule has 0 unspecified atom stereocenters. The number of aromatic nitrogens is 2.